The lowest BCUT2D eigenvalue weighted by molar-refractivity contribution is 0.0779. The van der Waals surface area contributed by atoms with Crippen molar-refractivity contribution in [2.45, 2.75) is 19.8 Å². The molecule has 1 atom stereocenters. The van der Waals surface area contributed by atoms with E-state index in [1.807, 2.05) is 55.6 Å². The Kier molecular flexibility index (Phi) is 6.09. The van der Waals surface area contributed by atoms with Crippen molar-refractivity contribution in [1.29, 1.82) is 0 Å². The number of hydrogen-bond acceptors (Lipinski definition) is 1. The van der Waals surface area contributed by atoms with Gasteiger partial charge >= 0.3 is 0 Å². The zero-order valence-corrected chi connectivity index (χ0v) is 15.1. The van der Waals surface area contributed by atoms with Crippen LogP contribution in [-0.2, 0) is 0 Å². The molecule has 23 heavy (non-hydrogen) atoms. The SMILES string of the molecule is CC(C)C(CN(C)C(=O)c1ccccc1)c1ccc(Cl)c(Cl)c1. The van der Waals surface area contributed by atoms with E-state index in [1.165, 1.54) is 0 Å². The first kappa shape index (κ1) is 17.8. The lowest BCUT2D eigenvalue weighted by Gasteiger charge is -2.27. The fourth-order valence-corrected chi connectivity index (χ4v) is 2.93. The van der Waals surface area contributed by atoms with Gasteiger partial charge in [-0.2, -0.15) is 0 Å². The first-order chi connectivity index (χ1) is 10.9. The van der Waals surface area contributed by atoms with E-state index in [2.05, 4.69) is 13.8 Å². The fourth-order valence-electron chi connectivity index (χ4n) is 2.62. The number of halogens is 2. The van der Waals surface area contributed by atoms with Gasteiger partial charge in [0.15, 0.2) is 0 Å². The van der Waals surface area contributed by atoms with Gasteiger partial charge in [-0.3, -0.25) is 4.79 Å². The molecule has 0 aromatic heterocycles. The summed E-state index contributed by atoms with van der Waals surface area (Å²) in [5, 5.41) is 1.10. The molecule has 0 heterocycles. The molecule has 0 aliphatic carbocycles. The first-order valence-corrected chi connectivity index (χ1v) is 8.41. The average molecular weight is 350 g/mol. The highest BCUT2D eigenvalue weighted by Crippen LogP contribution is 2.31. The van der Waals surface area contributed by atoms with Gasteiger partial charge in [-0.05, 0) is 35.7 Å². The van der Waals surface area contributed by atoms with Crippen molar-refractivity contribution in [3.05, 3.63) is 69.7 Å². The van der Waals surface area contributed by atoms with E-state index in [4.69, 9.17) is 23.2 Å². The largest absolute Gasteiger partial charge is 0.341 e. The number of benzene rings is 2. The smallest absolute Gasteiger partial charge is 0.253 e. The number of carbonyl (C=O) groups excluding carboxylic acids is 1. The van der Waals surface area contributed by atoms with Gasteiger partial charge in [-0.15, -0.1) is 0 Å². The van der Waals surface area contributed by atoms with E-state index in [1.54, 1.807) is 4.90 Å². The van der Waals surface area contributed by atoms with Crippen LogP contribution in [0, 0.1) is 5.92 Å². The number of likely N-dealkylation sites (N-methyl/N-ethyl adjacent to an activating group) is 1. The zero-order chi connectivity index (χ0) is 17.0. The Bertz CT molecular complexity index is 670. The van der Waals surface area contributed by atoms with Gasteiger partial charge in [0.25, 0.3) is 5.91 Å². The first-order valence-electron chi connectivity index (χ1n) is 7.65. The van der Waals surface area contributed by atoms with Crippen molar-refractivity contribution in [3.63, 3.8) is 0 Å². The van der Waals surface area contributed by atoms with Crippen LogP contribution in [0.5, 0.6) is 0 Å². The van der Waals surface area contributed by atoms with Crippen molar-refractivity contribution < 1.29 is 4.79 Å². The van der Waals surface area contributed by atoms with Crippen molar-refractivity contribution in [2.24, 2.45) is 5.92 Å². The van der Waals surface area contributed by atoms with Crippen LogP contribution in [0.15, 0.2) is 48.5 Å². The maximum atomic E-state index is 12.5. The highest BCUT2D eigenvalue weighted by molar-refractivity contribution is 6.42. The highest BCUT2D eigenvalue weighted by atomic mass is 35.5. The Hall–Kier alpha value is -1.51. The monoisotopic (exact) mass is 349 g/mol. The third-order valence-corrected chi connectivity index (χ3v) is 4.75. The second-order valence-corrected chi connectivity index (χ2v) is 6.89. The third-order valence-electron chi connectivity index (χ3n) is 4.01. The lowest BCUT2D eigenvalue weighted by Crippen LogP contribution is -2.32. The zero-order valence-electron chi connectivity index (χ0n) is 13.6. The van der Waals surface area contributed by atoms with Gasteiger partial charge in [0.2, 0.25) is 0 Å². The lowest BCUT2D eigenvalue weighted by atomic mass is 9.88. The molecule has 0 saturated carbocycles. The van der Waals surface area contributed by atoms with Gasteiger partial charge in [-0.1, -0.05) is 61.3 Å². The van der Waals surface area contributed by atoms with Crippen molar-refractivity contribution in [1.82, 2.24) is 4.90 Å². The maximum Gasteiger partial charge on any atom is 0.253 e. The minimum atomic E-state index is 0.0244. The van der Waals surface area contributed by atoms with Gasteiger partial charge in [0.05, 0.1) is 10.0 Å². The molecule has 2 rings (SSSR count). The molecule has 0 spiro atoms. The average Bonchev–Trinajstić information content (AvgIpc) is 2.55. The predicted octanol–water partition coefficient (Wildman–Crippen LogP) is 5.51. The van der Waals surface area contributed by atoms with Crippen LogP contribution >= 0.6 is 23.2 Å². The molecule has 0 aliphatic heterocycles. The highest BCUT2D eigenvalue weighted by Gasteiger charge is 2.21. The summed E-state index contributed by atoms with van der Waals surface area (Å²) in [5.41, 5.74) is 1.80. The molecule has 0 fully saturated rings. The van der Waals surface area contributed by atoms with E-state index in [-0.39, 0.29) is 11.8 Å². The summed E-state index contributed by atoms with van der Waals surface area (Å²) in [6.45, 7) is 4.92. The number of rotatable bonds is 5. The van der Waals surface area contributed by atoms with Gasteiger partial charge in [-0.25, -0.2) is 0 Å². The van der Waals surface area contributed by atoms with Crippen LogP contribution in [0.25, 0.3) is 0 Å². The molecule has 0 radical (unpaired) electrons. The second kappa shape index (κ2) is 7.85. The number of hydrogen-bond donors (Lipinski definition) is 0. The van der Waals surface area contributed by atoms with E-state index in [9.17, 15) is 4.79 Å². The van der Waals surface area contributed by atoms with Crippen LogP contribution < -0.4 is 0 Å². The topological polar surface area (TPSA) is 20.3 Å². The Morgan fingerprint density at radius 1 is 1.04 bits per heavy atom. The van der Waals surface area contributed by atoms with Crippen molar-refractivity contribution in [3.8, 4) is 0 Å². The van der Waals surface area contributed by atoms with Crippen molar-refractivity contribution in [2.75, 3.05) is 13.6 Å². The molecule has 0 saturated heterocycles. The summed E-state index contributed by atoms with van der Waals surface area (Å²) < 4.78 is 0. The van der Waals surface area contributed by atoms with Crippen LogP contribution in [0.2, 0.25) is 10.0 Å². The molecule has 0 bridgehead atoms. The Balaban J connectivity index is 2.19. The predicted molar refractivity (Wildman–Crippen MR) is 97.4 cm³/mol. The number of amides is 1. The standard InChI is InChI=1S/C19H21Cl2NO/c1-13(2)16(15-9-10-17(20)18(21)11-15)12-22(3)19(23)14-7-5-4-6-8-14/h4-11,13,16H,12H2,1-3H3. The molecular weight excluding hydrogens is 329 g/mol. The van der Waals surface area contributed by atoms with Gasteiger partial charge < -0.3 is 4.90 Å². The van der Waals surface area contributed by atoms with E-state index in [0.717, 1.165) is 5.56 Å². The van der Waals surface area contributed by atoms with E-state index in [0.29, 0.717) is 28.1 Å². The Morgan fingerprint density at radius 3 is 2.26 bits per heavy atom. The van der Waals surface area contributed by atoms with Gasteiger partial charge in [0.1, 0.15) is 0 Å². The fraction of sp³-hybridized carbons (Fsp3) is 0.316. The number of nitrogens with zero attached hydrogens (tertiary/aromatic N) is 1. The third kappa shape index (κ3) is 4.49. The summed E-state index contributed by atoms with van der Waals surface area (Å²) in [5.74, 6) is 0.594. The molecule has 2 nitrogen and oxygen atoms in total. The minimum absolute atomic E-state index is 0.0244. The van der Waals surface area contributed by atoms with Gasteiger partial charge in [0, 0.05) is 25.1 Å². The molecule has 2 aromatic rings. The number of carbonyl (C=O) groups is 1. The summed E-state index contributed by atoms with van der Waals surface area (Å²) in [6, 6.07) is 15.0. The minimum Gasteiger partial charge on any atom is -0.341 e. The van der Waals surface area contributed by atoms with Crippen LogP contribution in [-0.4, -0.2) is 24.4 Å². The molecule has 1 unspecified atom stereocenters. The normalized spacial score (nSPS) is 12.3. The molecule has 0 N–H and O–H groups in total. The van der Waals surface area contributed by atoms with Crippen molar-refractivity contribution >= 4 is 29.1 Å². The quantitative estimate of drug-likeness (QED) is 0.697. The van der Waals surface area contributed by atoms with Crippen LogP contribution in [0.1, 0.15) is 35.7 Å². The Morgan fingerprint density at radius 2 is 1.70 bits per heavy atom. The summed E-state index contributed by atoms with van der Waals surface area (Å²) in [4.78, 5) is 14.3. The molecule has 2 aromatic carbocycles. The summed E-state index contributed by atoms with van der Waals surface area (Å²) >= 11 is 12.1. The molecule has 4 heteroatoms. The summed E-state index contributed by atoms with van der Waals surface area (Å²) in [6.07, 6.45) is 0. The summed E-state index contributed by atoms with van der Waals surface area (Å²) in [7, 11) is 1.84. The molecule has 1 amide bonds. The second-order valence-electron chi connectivity index (χ2n) is 6.08. The Labute approximate surface area is 148 Å². The van der Waals surface area contributed by atoms with E-state index < -0.39 is 0 Å². The molecule has 122 valence electrons. The maximum absolute atomic E-state index is 12.5. The van der Waals surface area contributed by atoms with Crippen LogP contribution in [0.3, 0.4) is 0 Å². The molecule has 0 aliphatic rings. The van der Waals surface area contributed by atoms with Crippen LogP contribution in [0.4, 0.5) is 0 Å². The van der Waals surface area contributed by atoms with E-state index >= 15 is 0 Å². The molecular formula is C19H21Cl2NO.